The molecule has 49 heavy (non-hydrogen) atoms. The second-order valence-corrected chi connectivity index (χ2v) is 15.2. The third kappa shape index (κ3) is 7.49. The number of fused-ring (bicyclic) bond motifs is 6. The van der Waals surface area contributed by atoms with Crippen LogP contribution in [0.1, 0.15) is 120 Å². The zero-order chi connectivity index (χ0) is 34.8. The Balaban J connectivity index is 1.25. The second-order valence-electron chi connectivity index (χ2n) is 15.2. The van der Waals surface area contributed by atoms with E-state index in [-0.39, 0.29) is 0 Å². The average Bonchev–Trinajstić information content (AvgIpc) is 3.03. The van der Waals surface area contributed by atoms with Crippen LogP contribution in [0.15, 0.2) is 60.7 Å². The van der Waals surface area contributed by atoms with Crippen molar-refractivity contribution in [3.8, 4) is 45.3 Å². The Morgan fingerprint density at radius 3 is 1.37 bits per heavy atom. The van der Waals surface area contributed by atoms with Gasteiger partial charge in [0, 0.05) is 17.5 Å². The van der Waals surface area contributed by atoms with E-state index in [1.807, 2.05) is 0 Å². The van der Waals surface area contributed by atoms with Gasteiger partial charge in [0.25, 0.3) is 0 Å². The second kappa shape index (κ2) is 14.5. The van der Waals surface area contributed by atoms with E-state index in [0.29, 0.717) is 13.2 Å². The summed E-state index contributed by atoms with van der Waals surface area (Å²) in [7, 11) is 0. The normalized spacial score (nSPS) is 14.9. The Morgan fingerprint density at radius 2 is 0.959 bits per heavy atom. The molecule has 6 rings (SSSR count). The molecule has 2 aliphatic heterocycles. The first kappa shape index (κ1) is 34.9. The highest BCUT2D eigenvalue weighted by Crippen LogP contribution is 2.52. The minimum absolute atomic E-state index is 0.413. The first-order valence-corrected chi connectivity index (χ1v) is 18.7. The van der Waals surface area contributed by atoms with Gasteiger partial charge in [-0.3, -0.25) is 0 Å². The Kier molecular flexibility index (Phi) is 10.3. The largest absolute Gasteiger partial charge is 0.493 e. The summed E-state index contributed by atoms with van der Waals surface area (Å²) in [6.45, 7) is 18.6. The van der Waals surface area contributed by atoms with Crippen LogP contribution in [0.4, 0.5) is 0 Å². The van der Waals surface area contributed by atoms with E-state index in [1.54, 1.807) is 0 Å². The molecule has 0 radical (unpaired) electrons. The number of hydrogen-bond acceptors (Lipinski definition) is 4. The summed E-state index contributed by atoms with van der Waals surface area (Å²) < 4.78 is 26.7. The number of aryl methyl sites for hydroxylation is 4. The molecule has 4 heteroatoms. The molecule has 0 aromatic heterocycles. The molecule has 0 saturated heterocycles. The Bertz CT molecular complexity index is 1670. The third-order valence-corrected chi connectivity index (χ3v) is 10.1. The molecule has 4 nitrogen and oxygen atoms in total. The van der Waals surface area contributed by atoms with E-state index >= 15 is 0 Å². The van der Waals surface area contributed by atoms with Crippen LogP contribution < -0.4 is 18.9 Å². The van der Waals surface area contributed by atoms with Crippen LogP contribution >= 0.6 is 0 Å². The van der Waals surface area contributed by atoms with E-state index < -0.39 is 11.2 Å². The average molecular weight is 661 g/mol. The minimum atomic E-state index is -0.413. The zero-order valence-corrected chi connectivity index (χ0v) is 31.2. The minimum Gasteiger partial charge on any atom is -0.493 e. The Labute approximate surface area is 295 Å². The van der Waals surface area contributed by atoms with Gasteiger partial charge in [0.1, 0.15) is 34.2 Å². The van der Waals surface area contributed by atoms with Crippen LogP contribution in [-0.2, 0) is 24.0 Å². The molecular formula is C45H56O4. The quantitative estimate of drug-likeness (QED) is 0.126. The highest BCUT2D eigenvalue weighted by molar-refractivity contribution is 5.84. The molecule has 0 amide bonds. The molecule has 2 aliphatic rings. The summed E-state index contributed by atoms with van der Waals surface area (Å²) in [6, 6.07) is 22.3. The fourth-order valence-corrected chi connectivity index (χ4v) is 7.52. The summed E-state index contributed by atoms with van der Waals surface area (Å²) in [5, 5.41) is 0. The van der Waals surface area contributed by atoms with Crippen LogP contribution in [0, 0.1) is 13.8 Å². The van der Waals surface area contributed by atoms with E-state index in [2.05, 4.69) is 116 Å². The highest BCUT2D eigenvalue weighted by atomic mass is 16.5. The van der Waals surface area contributed by atoms with Crippen molar-refractivity contribution < 1.29 is 18.9 Å². The van der Waals surface area contributed by atoms with Crippen molar-refractivity contribution in [3.63, 3.8) is 0 Å². The van der Waals surface area contributed by atoms with E-state index in [1.165, 1.54) is 70.2 Å². The fourth-order valence-electron chi connectivity index (χ4n) is 7.52. The SMILES string of the molecule is CCCCCc1cc(OCCCOc2cc(CCCCC)cc3c2-c2cc(C)ccc2C(C)(C)O3)c2c(c1)OC(C)(C)c1ccc(C)cc1-2. The van der Waals surface area contributed by atoms with Gasteiger partial charge in [-0.05, 0) is 114 Å². The third-order valence-electron chi connectivity index (χ3n) is 10.1. The first-order valence-electron chi connectivity index (χ1n) is 18.7. The molecule has 0 fully saturated rings. The predicted octanol–water partition coefficient (Wildman–Crippen LogP) is 12.2. The van der Waals surface area contributed by atoms with Gasteiger partial charge in [-0.2, -0.15) is 0 Å². The maximum absolute atomic E-state index is 6.69. The smallest absolute Gasteiger partial charge is 0.132 e. The molecule has 4 aromatic rings. The molecule has 0 bridgehead atoms. The van der Waals surface area contributed by atoms with E-state index in [0.717, 1.165) is 66.2 Å². The van der Waals surface area contributed by atoms with Gasteiger partial charge in [-0.15, -0.1) is 0 Å². The summed E-state index contributed by atoms with van der Waals surface area (Å²) in [5.41, 5.74) is 11.1. The maximum Gasteiger partial charge on any atom is 0.132 e. The first-order chi connectivity index (χ1) is 23.5. The van der Waals surface area contributed by atoms with Crippen molar-refractivity contribution >= 4 is 0 Å². The van der Waals surface area contributed by atoms with Crippen molar-refractivity contribution in [3.05, 3.63) is 94.0 Å². The van der Waals surface area contributed by atoms with Crippen molar-refractivity contribution in [1.82, 2.24) is 0 Å². The van der Waals surface area contributed by atoms with Crippen molar-refractivity contribution in [1.29, 1.82) is 0 Å². The lowest BCUT2D eigenvalue weighted by molar-refractivity contribution is 0.105. The number of ether oxygens (including phenoxy) is 4. The summed E-state index contributed by atoms with van der Waals surface area (Å²) in [6.07, 6.45) is 9.94. The molecule has 0 unspecified atom stereocenters. The summed E-state index contributed by atoms with van der Waals surface area (Å²) >= 11 is 0. The maximum atomic E-state index is 6.69. The lowest BCUT2D eigenvalue weighted by Gasteiger charge is -2.36. The summed E-state index contributed by atoms with van der Waals surface area (Å²) in [4.78, 5) is 0. The monoisotopic (exact) mass is 660 g/mol. The molecule has 260 valence electrons. The van der Waals surface area contributed by atoms with Crippen LogP contribution in [-0.4, -0.2) is 13.2 Å². The van der Waals surface area contributed by atoms with Crippen LogP contribution in [0.2, 0.25) is 0 Å². The molecule has 0 atom stereocenters. The van der Waals surface area contributed by atoms with Crippen molar-refractivity contribution in [2.24, 2.45) is 0 Å². The van der Waals surface area contributed by atoms with Gasteiger partial charge < -0.3 is 18.9 Å². The predicted molar refractivity (Wildman–Crippen MR) is 203 cm³/mol. The van der Waals surface area contributed by atoms with Crippen LogP contribution in [0.25, 0.3) is 22.3 Å². The van der Waals surface area contributed by atoms with Crippen LogP contribution in [0.5, 0.6) is 23.0 Å². The highest BCUT2D eigenvalue weighted by Gasteiger charge is 2.36. The van der Waals surface area contributed by atoms with Gasteiger partial charge >= 0.3 is 0 Å². The molecule has 0 saturated carbocycles. The van der Waals surface area contributed by atoms with Crippen molar-refractivity contribution in [2.45, 2.75) is 124 Å². The number of benzene rings is 4. The topological polar surface area (TPSA) is 36.9 Å². The molecule has 4 aromatic carbocycles. The lowest BCUT2D eigenvalue weighted by atomic mass is 9.84. The van der Waals surface area contributed by atoms with Crippen LogP contribution in [0.3, 0.4) is 0 Å². The van der Waals surface area contributed by atoms with Crippen molar-refractivity contribution in [2.75, 3.05) is 13.2 Å². The molecule has 0 spiro atoms. The Morgan fingerprint density at radius 1 is 0.531 bits per heavy atom. The lowest BCUT2D eigenvalue weighted by Crippen LogP contribution is -2.29. The van der Waals surface area contributed by atoms with Gasteiger partial charge in [-0.1, -0.05) is 87.1 Å². The molecular weight excluding hydrogens is 604 g/mol. The molecule has 0 aliphatic carbocycles. The van der Waals surface area contributed by atoms with Gasteiger partial charge in [0.2, 0.25) is 0 Å². The molecule has 2 heterocycles. The van der Waals surface area contributed by atoms with Gasteiger partial charge in [0.05, 0.1) is 24.3 Å². The number of rotatable bonds is 14. The van der Waals surface area contributed by atoms with Gasteiger partial charge in [0.15, 0.2) is 0 Å². The number of hydrogen-bond donors (Lipinski definition) is 0. The molecule has 0 N–H and O–H groups in total. The number of unbranched alkanes of at least 4 members (excludes halogenated alkanes) is 4. The Hall–Kier alpha value is -3.92. The fraction of sp³-hybridized carbons (Fsp3) is 0.467. The summed E-state index contributed by atoms with van der Waals surface area (Å²) in [5.74, 6) is 3.65. The van der Waals surface area contributed by atoms with E-state index in [9.17, 15) is 0 Å². The standard InChI is InChI=1S/C45H56O4/c1-9-11-13-16-32-26-38(42-34-24-30(3)18-20-36(34)44(5,6)48-40(42)28-32)46-22-15-23-47-39-27-33(17-14-12-10-2)29-41-43(39)35-25-31(4)19-21-37(35)45(7,8)49-41/h18-21,24-29H,9-17,22-23H2,1-8H3. The van der Waals surface area contributed by atoms with Gasteiger partial charge in [-0.25, -0.2) is 0 Å². The van der Waals surface area contributed by atoms with E-state index in [4.69, 9.17) is 18.9 Å². The zero-order valence-electron chi connectivity index (χ0n) is 31.2.